The van der Waals surface area contributed by atoms with Crippen LogP contribution < -0.4 is 19.5 Å². The van der Waals surface area contributed by atoms with Crippen LogP contribution in [0.3, 0.4) is 0 Å². The molecule has 2 rings (SSSR count). The molecule has 0 heterocycles. The molecular formula is C17H18ClNO4. The number of carbonyl (C=O) groups is 1. The van der Waals surface area contributed by atoms with Gasteiger partial charge in [-0.15, -0.1) is 0 Å². The second-order valence-electron chi connectivity index (χ2n) is 4.79. The number of halogens is 1. The lowest BCUT2D eigenvalue weighted by Gasteiger charge is -2.14. The van der Waals surface area contributed by atoms with Crippen molar-refractivity contribution in [3.63, 3.8) is 0 Å². The van der Waals surface area contributed by atoms with Crippen molar-refractivity contribution in [2.75, 3.05) is 26.1 Å². The van der Waals surface area contributed by atoms with Gasteiger partial charge in [-0.3, -0.25) is 4.79 Å². The molecule has 0 aromatic heterocycles. The Labute approximate surface area is 140 Å². The molecular weight excluding hydrogens is 318 g/mol. The topological polar surface area (TPSA) is 56.8 Å². The van der Waals surface area contributed by atoms with Crippen molar-refractivity contribution >= 4 is 23.2 Å². The molecule has 0 unspecified atom stereocenters. The summed E-state index contributed by atoms with van der Waals surface area (Å²) in [5, 5.41) is 3.32. The molecule has 0 spiro atoms. The number of amides is 1. The van der Waals surface area contributed by atoms with Crippen LogP contribution in [-0.4, -0.2) is 26.7 Å². The van der Waals surface area contributed by atoms with Crippen molar-refractivity contribution in [1.29, 1.82) is 0 Å². The second kappa shape index (κ2) is 7.74. The molecule has 0 saturated heterocycles. The molecule has 0 bridgehead atoms. The van der Waals surface area contributed by atoms with Gasteiger partial charge in [0.15, 0.2) is 18.1 Å². The fourth-order valence-corrected chi connectivity index (χ4v) is 2.15. The third kappa shape index (κ3) is 4.29. The number of methoxy groups -OCH3 is 2. The first kappa shape index (κ1) is 17.0. The lowest BCUT2D eigenvalue weighted by atomic mass is 10.2. The van der Waals surface area contributed by atoms with Gasteiger partial charge in [0, 0.05) is 10.7 Å². The molecule has 0 radical (unpaired) electrons. The van der Waals surface area contributed by atoms with Gasteiger partial charge in [0.25, 0.3) is 5.91 Å². The van der Waals surface area contributed by atoms with Crippen molar-refractivity contribution in [2.45, 2.75) is 6.92 Å². The summed E-state index contributed by atoms with van der Waals surface area (Å²) < 4.78 is 16.0. The lowest BCUT2D eigenvalue weighted by molar-refractivity contribution is -0.118. The number of aryl methyl sites for hydroxylation is 1. The first-order chi connectivity index (χ1) is 11.0. The highest BCUT2D eigenvalue weighted by atomic mass is 35.5. The summed E-state index contributed by atoms with van der Waals surface area (Å²) in [7, 11) is 3.05. The van der Waals surface area contributed by atoms with E-state index in [-0.39, 0.29) is 12.5 Å². The molecule has 122 valence electrons. The molecule has 2 aromatic carbocycles. The van der Waals surface area contributed by atoms with E-state index in [4.69, 9.17) is 25.8 Å². The average Bonchev–Trinajstić information content (AvgIpc) is 2.55. The normalized spacial score (nSPS) is 10.1. The number of hydrogen-bond acceptors (Lipinski definition) is 4. The van der Waals surface area contributed by atoms with Crippen molar-refractivity contribution in [3.05, 3.63) is 47.0 Å². The minimum Gasteiger partial charge on any atom is -0.493 e. The number of hydrogen-bond donors (Lipinski definition) is 1. The minimum atomic E-state index is -0.308. The van der Waals surface area contributed by atoms with Crippen LogP contribution in [0.4, 0.5) is 5.69 Å². The van der Waals surface area contributed by atoms with E-state index < -0.39 is 0 Å². The minimum absolute atomic E-state index is 0.178. The Kier molecular flexibility index (Phi) is 5.71. The maximum Gasteiger partial charge on any atom is 0.262 e. The number of benzene rings is 2. The molecule has 5 nitrogen and oxygen atoms in total. The monoisotopic (exact) mass is 335 g/mol. The zero-order valence-corrected chi connectivity index (χ0v) is 13.9. The van der Waals surface area contributed by atoms with Gasteiger partial charge < -0.3 is 19.5 Å². The molecule has 0 fully saturated rings. The Balaban J connectivity index is 2.03. The van der Waals surface area contributed by atoms with E-state index in [1.807, 2.05) is 13.0 Å². The SMILES string of the molecule is COc1cccc(OC)c1OCC(=O)Nc1ccc(C)c(Cl)c1. The largest absolute Gasteiger partial charge is 0.493 e. The van der Waals surface area contributed by atoms with Gasteiger partial charge in [-0.25, -0.2) is 0 Å². The van der Waals surface area contributed by atoms with Crippen molar-refractivity contribution in [1.82, 2.24) is 0 Å². The first-order valence-corrected chi connectivity index (χ1v) is 7.32. The van der Waals surface area contributed by atoms with Crippen LogP contribution in [0.1, 0.15) is 5.56 Å². The maximum absolute atomic E-state index is 12.0. The van der Waals surface area contributed by atoms with E-state index in [2.05, 4.69) is 5.32 Å². The molecule has 2 aromatic rings. The van der Waals surface area contributed by atoms with Gasteiger partial charge in [0.2, 0.25) is 5.75 Å². The second-order valence-corrected chi connectivity index (χ2v) is 5.20. The van der Waals surface area contributed by atoms with Crippen molar-refractivity contribution < 1.29 is 19.0 Å². The highest BCUT2D eigenvalue weighted by Gasteiger charge is 2.13. The maximum atomic E-state index is 12.0. The molecule has 6 heteroatoms. The summed E-state index contributed by atoms with van der Waals surface area (Å²) in [6.45, 7) is 1.72. The summed E-state index contributed by atoms with van der Waals surface area (Å²) >= 11 is 6.03. The molecule has 1 amide bonds. The Hall–Kier alpha value is -2.40. The molecule has 1 N–H and O–H groups in total. The standard InChI is InChI=1S/C17H18ClNO4/c1-11-7-8-12(9-13(11)18)19-16(20)10-23-17-14(21-2)5-4-6-15(17)22-3/h4-9H,10H2,1-3H3,(H,19,20). The molecule has 0 aliphatic carbocycles. The molecule has 23 heavy (non-hydrogen) atoms. The van der Waals surface area contributed by atoms with E-state index in [1.54, 1.807) is 30.3 Å². The third-order valence-electron chi connectivity index (χ3n) is 3.19. The third-order valence-corrected chi connectivity index (χ3v) is 3.59. The van der Waals surface area contributed by atoms with Crippen LogP contribution >= 0.6 is 11.6 Å². The zero-order chi connectivity index (χ0) is 16.8. The number of para-hydroxylation sites is 1. The van der Waals surface area contributed by atoms with Crippen LogP contribution in [0.2, 0.25) is 5.02 Å². The van der Waals surface area contributed by atoms with Gasteiger partial charge in [-0.2, -0.15) is 0 Å². The number of anilines is 1. The van der Waals surface area contributed by atoms with Gasteiger partial charge >= 0.3 is 0 Å². The fourth-order valence-electron chi connectivity index (χ4n) is 1.96. The summed E-state index contributed by atoms with van der Waals surface area (Å²) in [4.78, 5) is 12.0. The summed E-state index contributed by atoms with van der Waals surface area (Å²) in [6.07, 6.45) is 0. The number of nitrogens with one attached hydrogen (secondary N) is 1. The average molecular weight is 336 g/mol. The van der Waals surface area contributed by atoms with Crippen LogP contribution in [0.15, 0.2) is 36.4 Å². The smallest absolute Gasteiger partial charge is 0.262 e. The predicted molar refractivity (Wildman–Crippen MR) is 89.9 cm³/mol. The van der Waals surface area contributed by atoms with E-state index in [1.165, 1.54) is 14.2 Å². The Bertz CT molecular complexity index is 681. The van der Waals surface area contributed by atoms with Crippen molar-refractivity contribution in [3.8, 4) is 17.2 Å². The van der Waals surface area contributed by atoms with Crippen LogP contribution in [-0.2, 0) is 4.79 Å². The van der Waals surface area contributed by atoms with Gasteiger partial charge in [-0.05, 0) is 36.8 Å². The number of rotatable bonds is 6. The van der Waals surface area contributed by atoms with E-state index in [0.717, 1.165) is 5.56 Å². The Morgan fingerprint density at radius 1 is 1.13 bits per heavy atom. The van der Waals surface area contributed by atoms with E-state index in [0.29, 0.717) is 28.0 Å². The molecule has 0 aliphatic heterocycles. The van der Waals surface area contributed by atoms with Gasteiger partial charge in [0.05, 0.1) is 14.2 Å². The highest BCUT2D eigenvalue weighted by molar-refractivity contribution is 6.31. The highest BCUT2D eigenvalue weighted by Crippen LogP contribution is 2.36. The van der Waals surface area contributed by atoms with Crippen LogP contribution in [0, 0.1) is 6.92 Å². The fraction of sp³-hybridized carbons (Fsp3) is 0.235. The number of ether oxygens (including phenoxy) is 3. The van der Waals surface area contributed by atoms with Gasteiger partial charge in [-0.1, -0.05) is 23.7 Å². The Morgan fingerprint density at radius 2 is 1.78 bits per heavy atom. The number of carbonyl (C=O) groups excluding carboxylic acids is 1. The summed E-state index contributed by atoms with van der Waals surface area (Å²) in [5.41, 5.74) is 1.56. The van der Waals surface area contributed by atoms with Crippen LogP contribution in [0.5, 0.6) is 17.2 Å². The van der Waals surface area contributed by atoms with Gasteiger partial charge in [0.1, 0.15) is 0 Å². The first-order valence-electron chi connectivity index (χ1n) is 6.95. The van der Waals surface area contributed by atoms with Crippen molar-refractivity contribution in [2.24, 2.45) is 0 Å². The van der Waals surface area contributed by atoms with E-state index in [9.17, 15) is 4.79 Å². The van der Waals surface area contributed by atoms with E-state index >= 15 is 0 Å². The molecule has 0 aliphatic rings. The molecule has 0 saturated carbocycles. The summed E-state index contributed by atoms with van der Waals surface area (Å²) in [5.74, 6) is 1.07. The molecule has 0 atom stereocenters. The lowest BCUT2D eigenvalue weighted by Crippen LogP contribution is -2.20. The quantitative estimate of drug-likeness (QED) is 0.874. The zero-order valence-electron chi connectivity index (χ0n) is 13.2. The Morgan fingerprint density at radius 3 is 2.35 bits per heavy atom. The predicted octanol–water partition coefficient (Wildman–Crippen LogP) is 3.68. The van der Waals surface area contributed by atoms with Crippen LogP contribution in [0.25, 0.3) is 0 Å². The summed E-state index contributed by atoms with van der Waals surface area (Å²) in [6, 6.07) is 10.5.